The highest BCUT2D eigenvalue weighted by Gasteiger charge is 2.52. The number of para-hydroxylation sites is 4. The standard InChI is InChI=1S/C72H57BN4O2/c1-46-37-48(65-27-17-19-35-74-65)31-33-55(46)61-44-69-63(57-25-13-15-29-67(57)76(69)53-21-9-7-10-22-53)42-59(61)50-39-51(41-52(40-50)73-78-71(3,4)72(5,6)79-73)60-43-64-58-26-14-16-30-68(58)77(54-23-11-8-12-24-54)70(64)45-62(60)56-34-32-49(38-47(56)2)66-28-18-20-36-75-66/h7-45H,1-6H3. The maximum Gasteiger partial charge on any atom is 0.494 e. The lowest BCUT2D eigenvalue weighted by Gasteiger charge is -2.32. The first-order valence-corrected chi connectivity index (χ1v) is 27.3. The van der Waals surface area contributed by atoms with Crippen LogP contribution in [0.1, 0.15) is 38.8 Å². The van der Waals surface area contributed by atoms with Gasteiger partial charge in [-0.25, -0.2) is 0 Å². The van der Waals surface area contributed by atoms with E-state index in [1.54, 1.807) is 0 Å². The van der Waals surface area contributed by atoms with Gasteiger partial charge in [-0.1, -0.05) is 121 Å². The summed E-state index contributed by atoms with van der Waals surface area (Å²) in [7, 11) is -0.637. The summed E-state index contributed by atoms with van der Waals surface area (Å²) in [4.78, 5) is 9.50. The quantitative estimate of drug-likeness (QED) is 0.135. The molecule has 0 bridgehead atoms. The van der Waals surface area contributed by atoms with Gasteiger partial charge in [-0.05, 0) is 206 Å². The molecular formula is C72H57BN4O2. The van der Waals surface area contributed by atoms with Crippen molar-refractivity contribution in [3.63, 3.8) is 0 Å². The number of fused-ring (bicyclic) bond motifs is 6. The van der Waals surface area contributed by atoms with E-state index in [1.807, 2.05) is 36.7 Å². The Labute approximate surface area is 461 Å². The van der Waals surface area contributed by atoms with Crippen molar-refractivity contribution < 1.29 is 9.31 Å². The van der Waals surface area contributed by atoms with Gasteiger partial charge < -0.3 is 18.4 Å². The first-order chi connectivity index (χ1) is 38.5. The zero-order valence-electron chi connectivity index (χ0n) is 45.2. The average molecular weight is 1020 g/mol. The fraction of sp³-hybridized carbons (Fsp3) is 0.111. The van der Waals surface area contributed by atoms with Crippen LogP contribution in [0.15, 0.2) is 237 Å². The van der Waals surface area contributed by atoms with Crippen LogP contribution in [-0.2, 0) is 9.31 Å². The van der Waals surface area contributed by atoms with E-state index in [2.05, 4.69) is 251 Å². The number of rotatable bonds is 9. The highest BCUT2D eigenvalue weighted by atomic mass is 16.7. The lowest BCUT2D eigenvalue weighted by molar-refractivity contribution is 0.00578. The molecule has 1 aliphatic rings. The summed E-state index contributed by atoms with van der Waals surface area (Å²) < 4.78 is 18.9. The second-order valence-corrected chi connectivity index (χ2v) is 22.1. The molecule has 79 heavy (non-hydrogen) atoms. The van der Waals surface area contributed by atoms with Gasteiger partial charge in [0.2, 0.25) is 0 Å². The molecule has 1 aliphatic heterocycles. The second kappa shape index (κ2) is 18.8. The molecule has 0 atom stereocenters. The fourth-order valence-corrected chi connectivity index (χ4v) is 12.1. The molecule has 5 heterocycles. The lowest BCUT2D eigenvalue weighted by Crippen LogP contribution is -2.41. The number of hydrogen-bond acceptors (Lipinski definition) is 4. The van der Waals surface area contributed by atoms with Gasteiger partial charge in [0.25, 0.3) is 0 Å². The van der Waals surface area contributed by atoms with E-state index in [0.717, 1.165) is 117 Å². The molecule has 0 spiro atoms. The second-order valence-electron chi connectivity index (χ2n) is 22.1. The summed E-state index contributed by atoms with van der Waals surface area (Å²) in [5.41, 5.74) is 21.8. The van der Waals surface area contributed by atoms with E-state index < -0.39 is 18.3 Å². The van der Waals surface area contributed by atoms with Crippen molar-refractivity contribution in [2.75, 3.05) is 0 Å². The molecule has 0 aliphatic carbocycles. The molecule has 380 valence electrons. The van der Waals surface area contributed by atoms with E-state index in [-0.39, 0.29) is 0 Å². The largest absolute Gasteiger partial charge is 0.494 e. The Hall–Kier alpha value is -9.14. The molecule has 1 saturated heterocycles. The summed E-state index contributed by atoms with van der Waals surface area (Å²) in [5.74, 6) is 0. The van der Waals surface area contributed by atoms with Gasteiger partial charge in [0.15, 0.2) is 0 Å². The predicted octanol–water partition coefficient (Wildman–Crippen LogP) is 17.6. The number of aromatic nitrogens is 4. The molecule has 0 N–H and O–H groups in total. The number of benzene rings is 9. The summed E-state index contributed by atoms with van der Waals surface area (Å²) >= 11 is 0. The summed E-state index contributed by atoms with van der Waals surface area (Å²) in [5, 5.41) is 4.71. The third-order valence-corrected chi connectivity index (χ3v) is 16.7. The smallest absolute Gasteiger partial charge is 0.399 e. The Morgan fingerprint density at radius 2 is 0.759 bits per heavy atom. The van der Waals surface area contributed by atoms with Crippen LogP contribution in [0.2, 0.25) is 0 Å². The third-order valence-electron chi connectivity index (χ3n) is 16.7. The molecular weight excluding hydrogens is 964 g/mol. The van der Waals surface area contributed by atoms with Gasteiger partial charge >= 0.3 is 7.12 Å². The van der Waals surface area contributed by atoms with E-state index in [9.17, 15) is 0 Å². The number of pyridine rings is 2. The lowest BCUT2D eigenvalue weighted by atomic mass is 9.75. The third kappa shape index (κ3) is 8.19. The normalized spacial score (nSPS) is 14.0. The summed E-state index contributed by atoms with van der Waals surface area (Å²) in [6.45, 7) is 13.0. The fourth-order valence-electron chi connectivity index (χ4n) is 12.1. The van der Waals surface area contributed by atoms with Crippen molar-refractivity contribution in [1.82, 2.24) is 19.1 Å². The molecule has 1 fully saturated rings. The minimum atomic E-state index is -0.637. The van der Waals surface area contributed by atoms with Gasteiger partial charge in [0, 0.05) is 56.4 Å². The zero-order chi connectivity index (χ0) is 53.6. The van der Waals surface area contributed by atoms with Crippen LogP contribution in [0.25, 0.3) is 122 Å². The van der Waals surface area contributed by atoms with Gasteiger partial charge in [-0.3, -0.25) is 9.97 Å². The molecule has 13 aromatic rings. The highest BCUT2D eigenvalue weighted by molar-refractivity contribution is 6.62. The van der Waals surface area contributed by atoms with Crippen LogP contribution in [0.4, 0.5) is 0 Å². The summed E-state index contributed by atoms with van der Waals surface area (Å²) in [6, 6.07) is 81.5. The van der Waals surface area contributed by atoms with Crippen LogP contribution in [-0.4, -0.2) is 37.4 Å². The maximum atomic E-state index is 7.03. The minimum Gasteiger partial charge on any atom is -0.399 e. The first-order valence-electron chi connectivity index (χ1n) is 27.3. The SMILES string of the molecule is Cc1cc(-c2ccccn2)ccc1-c1cc2c(cc1-c1cc(B3OC(C)(C)C(C)(C)O3)cc(-c3cc4c5ccccc5n(-c5ccccc5)c4cc3-c3ccc(-c4ccccn4)cc3C)c1)c1ccccc1n2-c1ccccc1. The highest BCUT2D eigenvalue weighted by Crippen LogP contribution is 2.47. The Balaban J connectivity index is 1.08. The van der Waals surface area contributed by atoms with Crippen LogP contribution in [0.5, 0.6) is 0 Å². The molecule has 14 rings (SSSR count). The monoisotopic (exact) mass is 1020 g/mol. The molecule has 0 amide bonds. The molecule has 0 saturated carbocycles. The molecule has 0 radical (unpaired) electrons. The van der Waals surface area contributed by atoms with Crippen LogP contribution >= 0.6 is 0 Å². The van der Waals surface area contributed by atoms with Crippen LogP contribution in [0.3, 0.4) is 0 Å². The minimum absolute atomic E-state index is 0.570. The molecule has 9 aromatic carbocycles. The topological polar surface area (TPSA) is 54.1 Å². The Bertz CT molecular complexity index is 4220. The van der Waals surface area contributed by atoms with E-state index in [4.69, 9.17) is 19.3 Å². The van der Waals surface area contributed by atoms with Crippen molar-refractivity contribution in [2.24, 2.45) is 0 Å². The zero-order valence-corrected chi connectivity index (χ0v) is 45.2. The van der Waals surface area contributed by atoms with Crippen molar-refractivity contribution >= 4 is 56.2 Å². The summed E-state index contributed by atoms with van der Waals surface area (Å²) in [6.07, 6.45) is 3.72. The molecule has 0 unspecified atom stereocenters. The molecule has 7 heteroatoms. The maximum absolute atomic E-state index is 7.03. The van der Waals surface area contributed by atoms with Gasteiger partial charge in [0.1, 0.15) is 0 Å². The molecule has 6 nitrogen and oxygen atoms in total. The van der Waals surface area contributed by atoms with Crippen molar-refractivity contribution in [2.45, 2.75) is 52.7 Å². The van der Waals surface area contributed by atoms with Crippen molar-refractivity contribution in [3.8, 4) is 78.4 Å². The van der Waals surface area contributed by atoms with Gasteiger partial charge in [-0.15, -0.1) is 0 Å². The van der Waals surface area contributed by atoms with Crippen molar-refractivity contribution in [1.29, 1.82) is 0 Å². The number of nitrogens with zero attached hydrogens (tertiary/aromatic N) is 4. The first kappa shape index (κ1) is 48.3. The number of hydrogen-bond donors (Lipinski definition) is 0. The predicted molar refractivity (Wildman–Crippen MR) is 329 cm³/mol. The van der Waals surface area contributed by atoms with Crippen molar-refractivity contribution in [3.05, 3.63) is 248 Å². The van der Waals surface area contributed by atoms with Gasteiger partial charge in [-0.2, -0.15) is 0 Å². The average Bonchev–Trinajstić information content (AvgIpc) is 4.31. The van der Waals surface area contributed by atoms with Crippen LogP contribution in [0, 0.1) is 13.8 Å². The number of aryl methyl sites for hydroxylation is 2. The van der Waals surface area contributed by atoms with E-state index >= 15 is 0 Å². The Morgan fingerprint density at radius 1 is 0.342 bits per heavy atom. The van der Waals surface area contributed by atoms with Gasteiger partial charge in [0.05, 0.1) is 44.7 Å². The molecule has 4 aromatic heterocycles. The Kier molecular flexibility index (Phi) is 11.5. The van der Waals surface area contributed by atoms with E-state index in [0.29, 0.717) is 0 Å². The van der Waals surface area contributed by atoms with Crippen LogP contribution < -0.4 is 5.46 Å². The Morgan fingerprint density at radius 3 is 1.18 bits per heavy atom. The van der Waals surface area contributed by atoms with E-state index in [1.165, 1.54) is 21.5 Å².